The summed E-state index contributed by atoms with van der Waals surface area (Å²) in [4.78, 5) is 6.69. The number of fused-ring (bicyclic) bond motifs is 1. The van der Waals surface area contributed by atoms with E-state index in [9.17, 15) is 4.39 Å². The van der Waals surface area contributed by atoms with Gasteiger partial charge in [0, 0.05) is 12.6 Å². The Morgan fingerprint density at radius 2 is 2.05 bits per heavy atom. The van der Waals surface area contributed by atoms with Gasteiger partial charge < -0.3 is 9.47 Å². The van der Waals surface area contributed by atoms with E-state index in [4.69, 9.17) is 11.6 Å². The van der Waals surface area contributed by atoms with Crippen LogP contribution in [-0.2, 0) is 5.88 Å². The van der Waals surface area contributed by atoms with Crippen molar-refractivity contribution in [1.29, 1.82) is 0 Å². The summed E-state index contributed by atoms with van der Waals surface area (Å²) in [5, 5.41) is 0. The second-order valence-electron chi connectivity index (χ2n) is 4.97. The maximum absolute atomic E-state index is 13.8. The molecule has 2 aromatic rings. The minimum Gasteiger partial charge on any atom is -0.323 e. The van der Waals surface area contributed by atoms with Crippen LogP contribution in [0.25, 0.3) is 11.0 Å². The van der Waals surface area contributed by atoms with Crippen molar-refractivity contribution in [3.8, 4) is 0 Å². The van der Waals surface area contributed by atoms with Gasteiger partial charge in [-0.3, -0.25) is 0 Å². The Morgan fingerprint density at radius 3 is 2.65 bits per heavy atom. The van der Waals surface area contributed by atoms with E-state index in [1.807, 2.05) is 6.07 Å². The van der Waals surface area contributed by atoms with Crippen molar-refractivity contribution in [2.24, 2.45) is 0 Å². The zero-order valence-electron chi connectivity index (χ0n) is 12.2. The van der Waals surface area contributed by atoms with Gasteiger partial charge in [0.05, 0.1) is 11.4 Å². The Labute approximate surface area is 124 Å². The Kier molecular flexibility index (Phi) is 5.00. The normalized spacial score (nSPS) is 13.3. The van der Waals surface area contributed by atoms with Crippen molar-refractivity contribution in [2.75, 3.05) is 19.6 Å². The average molecular weight is 298 g/mol. The minimum atomic E-state index is -0.289. The number of likely N-dealkylation sites (N-methyl/N-ethyl adjacent to an activating group) is 1. The molecule has 0 aliphatic rings. The van der Waals surface area contributed by atoms with Crippen LogP contribution in [0, 0.1) is 5.82 Å². The first-order valence-corrected chi connectivity index (χ1v) is 7.59. The van der Waals surface area contributed by atoms with Gasteiger partial charge in [-0.15, -0.1) is 11.6 Å². The van der Waals surface area contributed by atoms with E-state index in [-0.39, 0.29) is 17.7 Å². The largest absolute Gasteiger partial charge is 0.323 e. The number of imidazole rings is 1. The molecule has 1 atom stereocenters. The lowest BCUT2D eigenvalue weighted by molar-refractivity contribution is 0.261. The molecule has 1 aromatic carbocycles. The third-order valence-electron chi connectivity index (χ3n) is 3.72. The van der Waals surface area contributed by atoms with E-state index < -0.39 is 0 Å². The van der Waals surface area contributed by atoms with Crippen LogP contribution < -0.4 is 0 Å². The molecule has 0 N–H and O–H groups in total. The van der Waals surface area contributed by atoms with Gasteiger partial charge in [0.1, 0.15) is 11.3 Å². The molecule has 0 saturated carbocycles. The van der Waals surface area contributed by atoms with E-state index >= 15 is 0 Å². The number of nitrogens with zero attached hydrogens (tertiary/aromatic N) is 3. The summed E-state index contributed by atoms with van der Waals surface area (Å²) in [7, 11) is 0. The van der Waals surface area contributed by atoms with Crippen LogP contribution >= 0.6 is 11.6 Å². The third kappa shape index (κ3) is 2.81. The summed E-state index contributed by atoms with van der Waals surface area (Å²) >= 11 is 5.98. The van der Waals surface area contributed by atoms with E-state index in [0.29, 0.717) is 5.52 Å². The molecule has 110 valence electrons. The Morgan fingerprint density at radius 1 is 1.35 bits per heavy atom. The summed E-state index contributed by atoms with van der Waals surface area (Å²) in [6.45, 7) is 9.31. The van der Waals surface area contributed by atoms with Gasteiger partial charge in [0.2, 0.25) is 0 Å². The minimum absolute atomic E-state index is 0.204. The van der Waals surface area contributed by atoms with Crippen molar-refractivity contribution in [3.05, 3.63) is 29.8 Å². The number of benzene rings is 1. The first kappa shape index (κ1) is 15.3. The Hall–Kier alpha value is -1.13. The lowest BCUT2D eigenvalue weighted by atomic mass is 10.2. The fraction of sp³-hybridized carbons (Fsp3) is 0.533. The lowest BCUT2D eigenvalue weighted by Crippen LogP contribution is -2.30. The third-order valence-corrected chi connectivity index (χ3v) is 3.96. The number of halogens is 2. The summed E-state index contributed by atoms with van der Waals surface area (Å²) < 4.78 is 15.9. The summed E-state index contributed by atoms with van der Waals surface area (Å²) in [6.07, 6.45) is 0. The molecule has 0 bridgehead atoms. The number of para-hydroxylation sites is 1. The van der Waals surface area contributed by atoms with Gasteiger partial charge in [-0.1, -0.05) is 19.9 Å². The molecule has 5 heteroatoms. The van der Waals surface area contributed by atoms with Gasteiger partial charge in [0.15, 0.2) is 5.82 Å². The number of rotatable bonds is 6. The molecule has 0 spiro atoms. The van der Waals surface area contributed by atoms with E-state index in [0.717, 1.165) is 31.0 Å². The quantitative estimate of drug-likeness (QED) is 0.756. The summed E-state index contributed by atoms with van der Waals surface area (Å²) in [5.74, 6) is 0.727. The number of aromatic nitrogens is 2. The van der Waals surface area contributed by atoms with Crippen molar-refractivity contribution < 1.29 is 4.39 Å². The van der Waals surface area contributed by atoms with Crippen LogP contribution in [0.1, 0.15) is 32.6 Å². The summed E-state index contributed by atoms with van der Waals surface area (Å²) in [6, 6.07) is 5.26. The number of alkyl halides is 1. The molecule has 2 rings (SSSR count). The monoisotopic (exact) mass is 297 g/mol. The maximum Gasteiger partial charge on any atom is 0.151 e. The molecule has 0 fully saturated rings. The molecule has 20 heavy (non-hydrogen) atoms. The topological polar surface area (TPSA) is 21.1 Å². The highest BCUT2D eigenvalue weighted by molar-refractivity contribution is 6.16. The molecular formula is C15H21ClFN3. The van der Waals surface area contributed by atoms with Gasteiger partial charge in [0.25, 0.3) is 0 Å². The van der Waals surface area contributed by atoms with Crippen molar-refractivity contribution in [1.82, 2.24) is 14.5 Å². The SMILES string of the molecule is CCN(CC)CC(C)n1c(CCl)nc2c(F)cccc21. The molecule has 0 aliphatic carbocycles. The lowest BCUT2D eigenvalue weighted by Gasteiger charge is -2.25. The number of hydrogen-bond acceptors (Lipinski definition) is 2. The average Bonchev–Trinajstić information content (AvgIpc) is 2.84. The molecule has 1 heterocycles. The van der Waals surface area contributed by atoms with E-state index in [2.05, 4.69) is 35.2 Å². The van der Waals surface area contributed by atoms with Gasteiger partial charge in [-0.2, -0.15) is 0 Å². The molecule has 0 amide bonds. The maximum atomic E-state index is 13.8. The smallest absolute Gasteiger partial charge is 0.151 e. The van der Waals surface area contributed by atoms with Gasteiger partial charge >= 0.3 is 0 Å². The highest BCUT2D eigenvalue weighted by atomic mass is 35.5. The molecule has 0 saturated heterocycles. The fourth-order valence-electron chi connectivity index (χ4n) is 2.65. The highest BCUT2D eigenvalue weighted by Gasteiger charge is 2.18. The van der Waals surface area contributed by atoms with Crippen LogP contribution in [0.3, 0.4) is 0 Å². The predicted molar refractivity (Wildman–Crippen MR) is 81.7 cm³/mol. The molecular weight excluding hydrogens is 277 g/mol. The molecule has 1 unspecified atom stereocenters. The van der Waals surface area contributed by atoms with Crippen LogP contribution in [0.5, 0.6) is 0 Å². The van der Waals surface area contributed by atoms with Gasteiger partial charge in [-0.25, -0.2) is 9.37 Å². The molecule has 0 aliphatic heterocycles. The fourth-order valence-corrected chi connectivity index (χ4v) is 2.84. The zero-order chi connectivity index (χ0) is 14.7. The Bertz CT molecular complexity index is 578. The van der Waals surface area contributed by atoms with Crippen molar-refractivity contribution >= 4 is 22.6 Å². The summed E-state index contributed by atoms with van der Waals surface area (Å²) in [5.41, 5.74) is 1.23. The predicted octanol–water partition coefficient (Wildman–Crippen LogP) is 3.82. The second-order valence-corrected chi connectivity index (χ2v) is 5.24. The van der Waals surface area contributed by atoms with Crippen molar-refractivity contribution in [2.45, 2.75) is 32.7 Å². The Balaban J connectivity index is 2.44. The van der Waals surface area contributed by atoms with Crippen molar-refractivity contribution in [3.63, 3.8) is 0 Å². The number of hydrogen-bond donors (Lipinski definition) is 0. The van der Waals surface area contributed by atoms with Crippen LogP contribution in [-0.4, -0.2) is 34.1 Å². The standard InChI is InChI=1S/C15H21ClFN3/c1-4-19(5-2)10-11(3)20-13-8-6-7-12(17)15(13)18-14(20)9-16/h6-8,11H,4-5,9-10H2,1-3H3. The second kappa shape index (κ2) is 6.55. The molecule has 1 aromatic heterocycles. The molecule has 0 radical (unpaired) electrons. The van der Waals surface area contributed by atoms with Crippen LogP contribution in [0.4, 0.5) is 4.39 Å². The zero-order valence-corrected chi connectivity index (χ0v) is 13.0. The van der Waals surface area contributed by atoms with Gasteiger partial charge in [-0.05, 0) is 32.1 Å². The first-order chi connectivity index (χ1) is 9.62. The van der Waals surface area contributed by atoms with E-state index in [1.165, 1.54) is 6.07 Å². The van der Waals surface area contributed by atoms with E-state index in [1.54, 1.807) is 6.07 Å². The highest BCUT2D eigenvalue weighted by Crippen LogP contribution is 2.24. The first-order valence-electron chi connectivity index (χ1n) is 7.05. The molecule has 3 nitrogen and oxygen atoms in total. The van der Waals surface area contributed by atoms with Crippen LogP contribution in [0.15, 0.2) is 18.2 Å². The van der Waals surface area contributed by atoms with Crippen LogP contribution in [0.2, 0.25) is 0 Å².